The van der Waals surface area contributed by atoms with Gasteiger partial charge in [-0.2, -0.15) is 0 Å². The first-order chi connectivity index (χ1) is 12.8. The zero-order chi connectivity index (χ0) is 19.5. The molecule has 1 aliphatic heterocycles. The van der Waals surface area contributed by atoms with E-state index in [2.05, 4.69) is 70.3 Å². The quantitative estimate of drug-likeness (QED) is 0.426. The van der Waals surface area contributed by atoms with E-state index in [-0.39, 0.29) is 17.5 Å². The smallest absolute Gasteiger partial charge is 0.362 e. The third-order valence-corrected chi connectivity index (χ3v) is 6.84. The standard InChI is InChI=1S/C24H36NO2/c1-19-13-14-21(24(2,3)20-11-7-5-8-12-20)22(17-19)27-23(26)18-25(4)15-9-6-10-16-25/h5-9,11-12,19,21-22H,10,13-18H2,1-4H3/q+1/t19-,21-,22-,25?/m0/s1. The lowest BCUT2D eigenvalue weighted by Gasteiger charge is -2.44. The van der Waals surface area contributed by atoms with Gasteiger partial charge in [0.15, 0.2) is 6.54 Å². The Kier molecular flexibility index (Phi) is 6.10. The summed E-state index contributed by atoms with van der Waals surface area (Å²) in [4.78, 5) is 12.8. The van der Waals surface area contributed by atoms with Gasteiger partial charge in [-0.25, -0.2) is 4.79 Å². The van der Waals surface area contributed by atoms with Crippen molar-refractivity contribution in [2.45, 2.75) is 58.0 Å². The number of carbonyl (C=O) groups is 1. The molecule has 1 unspecified atom stereocenters. The molecule has 0 amide bonds. The predicted octanol–water partition coefficient (Wildman–Crippen LogP) is 4.72. The fourth-order valence-electron chi connectivity index (χ4n) is 4.95. The average Bonchev–Trinajstić information content (AvgIpc) is 2.62. The molecule has 1 aromatic carbocycles. The van der Waals surface area contributed by atoms with E-state index in [9.17, 15) is 4.79 Å². The van der Waals surface area contributed by atoms with Crippen molar-refractivity contribution >= 4 is 5.97 Å². The second-order valence-electron chi connectivity index (χ2n) is 9.58. The monoisotopic (exact) mass is 370 g/mol. The van der Waals surface area contributed by atoms with Gasteiger partial charge in [-0.15, -0.1) is 0 Å². The number of ether oxygens (including phenoxy) is 1. The van der Waals surface area contributed by atoms with E-state index in [1.54, 1.807) is 0 Å². The van der Waals surface area contributed by atoms with Gasteiger partial charge in [0.2, 0.25) is 0 Å². The van der Waals surface area contributed by atoms with E-state index in [4.69, 9.17) is 4.74 Å². The van der Waals surface area contributed by atoms with Crippen molar-refractivity contribution in [2.75, 3.05) is 26.7 Å². The third kappa shape index (κ3) is 4.82. The van der Waals surface area contributed by atoms with Gasteiger partial charge >= 0.3 is 5.97 Å². The Bertz CT molecular complexity index is 666. The molecular weight excluding hydrogens is 334 g/mol. The van der Waals surface area contributed by atoms with Crippen LogP contribution in [0.25, 0.3) is 0 Å². The van der Waals surface area contributed by atoms with Crippen LogP contribution in [-0.2, 0) is 14.9 Å². The maximum Gasteiger partial charge on any atom is 0.362 e. The zero-order valence-corrected chi connectivity index (χ0v) is 17.5. The van der Waals surface area contributed by atoms with E-state index in [1.807, 2.05) is 0 Å². The van der Waals surface area contributed by atoms with Crippen molar-refractivity contribution in [1.82, 2.24) is 0 Å². The number of benzene rings is 1. The normalized spacial score (nSPS) is 31.5. The number of likely N-dealkylation sites (N-methyl/N-ethyl adjacent to an activating group) is 1. The lowest BCUT2D eigenvalue weighted by Crippen LogP contribution is -2.51. The Hall–Kier alpha value is -1.61. The summed E-state index contributed by atoms with van der Waals surface area (Å²) in [5, 5.41) is 0. The molecule has 1 saturated carbocycles. The third-order valence-electron chi connectivity index (χ3n) is 6.84. The SMILES string of the molecule is C[C@H]1CC[C@H](C(C)(C)c2ccccc2)[C@@H](OC(=O)C[N+]2(C)CC=CCC2)C1. The van der Waals surface area contributed by atoms with E-state index < -0.39 is 0 Å². The number of esters is 1. The number of rotatable bonds is 5. The van der Waals surface area contributed by atoms with Crippen LogP contribution in [0.5, 0.6) is 0 Å². The van der Waals surface area contributed by atoms with Gasteiger partial charge in [0.25, 0.3) is 0 Å². The molecule has 0 bridgehead atoms. The van der Waals surface area contributed by atoms with Gasteiger partial charge in [-0.3, -0.25) is 0 Å². The second-order valence-corrected chi connectivity index (χ2v) is 9.58. The Morgan fingerprint density at radius 3 is 2.59 bits per heavy atom. The topological polar surface area (TPSA) is 26.3 Å². The van der Waals surface area contributed by atoms with Crippen molar-refractivity contribution in [2.24, 2.45) is 11.8 Å². The average molecular weight is 371 g/mol. The molecule has 1 aromatic rings. The predicted molar refractivity (Wildman–Crippen MR) is 110 cm³/mol. The molecule has 1 aliphatic carbocycles. The molecular formula is C24H36NO2+. The molecule has 1 heterocycles. The summed E-state index contributed by atoms with van der Waals surface area (Å²) < 4.78 is 6.94. The molecule has 0 radical (unpaired) electrons. The minimum Gasteiger partial charge on any atom is -0.458 e. The Morgan fingerprint density at radius 2 is 1.93 bits per heavy atom. The summed E-state index contributed by atoms with van der Waals surface area (Å²) in [6.45, 7) is 9.34. The molecule has 0 N–H and O–H groups in total. The molecule has 3 rings (SSSR count). The number of nitrogens with zero attached hydrogens (tertiary/aromatic N) is 1. The zero-order valence-electron chi connectivity index (χ0n) is 17.5. The Balaban J connectivity index is 1.72. The van der Waals surface area contributed by atoms with Crippen molar-refractivity contribution < 1.29 is 14.0 Å². The van der Waals surface area contributed by atoms with Crippen molar-refractivity contribution in [3.05, 3.63) is 48.0 Å². The maximum atomic E-state index is 12.8. The van der Waals surface area contributed by atoms with Crippen molar-refractivity contribution in [3.8, 4) is 0 Å². The second kappa shape index (κ2) is 8.18. The molecule has 3 nitrogen and oxygen atoms in total. The molecule has 3 heteroatoms. The molecule has 0 saturated heterocycles. The Morgan fingerprint density at radius 1 is 1.19 bits per heavy atom. The first-order valence-corrected chi connectivity index (χ1v) is 10.5. The first kappa shape index (κ1) is 20.1. The van der Waals surface area contributed by atoms with Crippen LogP contribution < -0.4 is 0 Å². The van der Waals surface area contributed by atoms with Gasteiger partial charge in [0, 0.05) is 12.3 Å². The van der Waals surface area contributed by atoms with Gasteiger partial charge in [-0.1, -0.05) is 63.6 Å². The fraction of sp³-hybridized carbons (Fsp3) is 0.625. The molecule has 0 aromatic heterocycles. The highest BCUT2D eigenvalue weighted by Crippen LogP contribution is 2.43. The Labute approximate surface area is 165 Å². The van der Waals surface area contributed by atoms with Crippen LogP contribution in [0.1, 0.15) is 52.0 Å². The molecule has 1 fully saturated rings. The highest BCUT2D eigenvalue weighted by molar-refractivity contribution is 5.71. The van der Waals surface area contributed by atoms with Gasteiger partial charge in [-0.05, 0) is 35.8 Å². The van der Waals surface area contributed by atoms with E-state index in [0.29, 0.717) is 18.4 Å². The number of hydrogen-bond acceptors (Lipinski definition) is 2. The minimum atomic E-state index is -0.0271. The summed E-state index contributed by atoms with van der Waals surface area (Å²) in [5.41, 5.74) is 1.34. The lowest BCUT2D eigenvalue weighted by atomic mass is 9.64. The minimum absolute atomic E-state index is 0.00131. The van der Waals surface area contributed by atoms with Crippen LogP contribution in [0.4, 0.5) is 0 Å². The van der Waals surface area contributed by atoms with Gasteiger partial charge in [0.1, 0.15) is 6.10 Å². The van der Waals surface area contributed by atoms with Crippen LogP contribution in [0.15, 0.2) is 42.5 Å². The maximum absolute atomic E-state index is 12.8. The van der Waals surface area contributed by atoms with Gasteiger partial charge < -0.3 is 9.22 Å². The molecule has 2 aliphatic rings. The number of hydrogen-bond donors (Lipinski definition) is 0. The first-order valence-electron chi connectivity index (χ1n) is 10.5. The molecule has 4 atom stereocenters. The summed E-state index contributed by atoms with van der Waals surface area (Å²) >= 11 is 0. The van der Waals surface area contributed by atoms with Crippen LogP contribution in [0, 0.1) is 11.8 Å². The van der Waals surface area contributed by atoms with Gasteiger partial charge in [0.05, 0.1) is 20.1 Å². The van der Waals surface area contributed by atoms with Crippen molar-refractivity contribution in [1.29, 1.82) is 0 Å². The summed E-state index contributed by atoms with van der Waals surface area (Å²) in [5.74, 6) is 0.959. The summed E-state index contributed by atoms with van der Waals surface area (Å²) in [6, 6.07) is 10.7. The molecule has 0 spiro atoms. The van der Waals surface area contributed by atoms with E-state index >= 15 is 0 Å². The van der Waals surface area contributed by atoms with Crippen LogP contribution >= 0.6 is 0 Å². The van der Waals surface area contributed by atoms with Crippen molar-refractivity contribution in [3.63, 3.8) is 0 Å². The number of quaternary nitrogens is 1. The number of carbonyl (C=O) groups excluding carboxylic acids is 1. The van der Waals surface area contributed by atoms with E-state index in [1.165, 1.54) is 12.0 Å². The highest BCUT2D eigenvalue weighted by Gasteiger charge is 2.42. The van der Waals surface area contributed by atoms with Crippen LogP contribution in [0.3, 0.4) is 0 Å². The largest absolute Gasteiger partial charge is 0.458 e. The lowest BCUT2D eigenvalue weighted by molar-refractivity contribution is -0.898. The summed E-state index contributed by atoms with van der Waals surface area (Å²) in [7, 11) is 2.17. The highest BCUT2D eigenvalue weighted by atomic mass is 16.5. The molecule has 27 heavy (non-hydrogen) atoms. The van der Waals surface area contributed by atoms with E-state index in [0.717, 1.165) is 36.8 Å². The summed E-state index contributed by atoms with van der Waals surface area (Å²) in [6.07, 6.45) is 8.80. The van der Waals surface area contributed by atoms with Crippen LogP contribution in [0.2, 0.25) is 0 Å². The fourth-order valence-corrected chi connectivity index (χ4v) is 4.95. The van der Waals surface area contributed by atoms with Crippen LogP contribution in [-0.4, -0.2) is 43.2 Å². The molecule has 148 valence electrons.